The lowest BCUT2D eigenvalue weighted by Gasteiger charge is -2.20. The van der Waals surface area contributed by atoms with Gasteiger partial charge in [0.2, 0.25) is 0 Å². The third-order valence-corrected chi connectivity index (χ3v) is 2.95. The highest BCUT2D eigenvalue weighted by Gasteiger charge is 2.28. The fourth-order valence-corrected chi connectivity index (χ4v) is 1.76. The maximum Gasteiger partial charge on any atom is 0.309 e. The summed E-state index contributed by atoms with van der Waals surface area (Å²) in [6, 6.07) is 5.61. The Kier molecular flexibility index (Phi) is 3.97. The number of benzene rings is 1. The van der Waals surface area contributed by atoms with Gasteiger partial charge in [-0.2, -0.15) is 0 Å². The lowest BCUT2D eigenvalue weighted by molar-refractivity contribution is -0.146. The van der Waals surface area contributed by atoms with E-state index in [1.807, 2.05) is 18.2 Å². The molecule has 0 aliphatic carbocycles. The lowest BCUT2D eigenvalue weighted by Crippen LogP contribution is -2.26. The molecule has 1 aromatic carbocycles. The van der Waals surface area contributed by atoms with Crippen molar-refractivity contribution in [3.05, 3.63) is 28.2 Å². The zero-order valence-electron chi connectivity index (χ0n) is 9.58. The first-order valence-electron chi connectivity index (χ1n) is 4.92. The normalized spacial score (nSPS) is 11.2. The number of halogens is 1. The van der Waals surface area contributed by atoms with E-state index in [1.165, 1.54) is 0 Å². The van der Waals surface area contributed by atoms with Crippen molar-refractivity contribution in [2.45, 2.75) is 20.3 Å². The van der Waals surface area contributed by atoms with E-state index in [2.05, 4.69) is 15.9 Å². The molecular weight excluding hydrogens is 272 g/mol. The largest absolute Gasteiger partial charge is 0.496 e. The van der Waals surface area contributed by atoms with Crippen LogP contribution in [0.4, 0.5) is 0 Å². The molecular formula is C12H15BrO3. The van der Waals surface area contributed by atoms with Gasteiger partial charge in [0.15, 0.2) is 0 Å². The molecule has 4 heteroatoms. The summed E-state index contributed by atoms with van der Waals surface area (Å²) in [5.41, 5.74) is 0.110. The van der Waals surface area contributed by atoms with Crippen LogP contribution in [0.25, 0.3) is 0 Å². The van der Waals surface area contributed by atoms with Crippen molar-refractivity contribution in [3.63, 3.8) is 0 Å². The Morgan fingerprint density at radius 3 is 2.62 bits per heavy atom. The summed E-state index contributed by atoms with van der Waals surface area (Å²) < 4.78 is 6.15. The Hall–Kier alpha value is -1.03. The van der Waals surface area contributed by atoms with Crippen LogP contribution in [0.15, 0.2) is 22.7 Å². The average molecular weight is 287 g/mol. The van der Waals surface area contributed by atoms with Gasteiger partial charge in [-0.05, 0) is 38.0 Å². The second kappa shape index (κ2) is 4.87. The second-order valence-corrected chi connectivity index (χ2v) is 5.24. The van der Waals surface area contributed by atoms with E-state index < -0.39 is 11.4 Å². The van der Waals surface area contributed by atoms with Crippen LogP contribution in [-0.4, -0.2) is 18.2 Å². The maximum atomic E-state index is 11.0. The van der Waals surface area contributed by atoms with E-state index in [0.29, 0.717) is 12.2 Å². The molecule has 0 aromatic heterocycles. The minimum absolute atomic E-state index is 0.443. The molecule has 0 aliphatic heterocycles. The first-order chi connectivity index (χ1) is 7.36. The summed E-state index contributed by atoms with van der Waals surface area (Å²) >= 11 is 3.35. The summed E-state index contributed by atoms with van der Waals surface area (Å²) in [5.74, 6) is -0.0961. The number of carboxylic acid groups (broad SMARTS) is 1. The molecule has 16 heavy (non-hydrogen) atoms. The molecule has 0 radical (unpaired) electrons. The fraction of sp³-hybridized carbons (Fsp3) is 0.417. The first kappa shape index (κ1) is 13.0. The van der Waals surface area contributed by atoms with Crippen LogP contribution in [0, 0.1) is 5.41 Å². The van der Waals surface area contributed by atoms with Crippen LogP contribution in [0.5, 0.6) is 5.75 Å². The third-order valence-electron chi connectivity index (χ3n) is 2.46. The van der Waals surface area contributed by atoms with E-state index in [-0.39, 0.29) is 0 Å². The molecule has 88 valence electrons. The number of hydrogen-bond donors (Lipinski definition) is 1. The zero-order chi connectivity index (χ0) is 12.3. The van der Waals surface area contributed by atoms with Gasteiger partial charge in [-0.25, -0.2) is 0 Å². The maximum absolute atomic E-state index is 11.0. The molecule has 0 heterocycles. The molecule has 0 saturated carbocycles. The van der Waals surface area contributed by atoms with Crippen molar-refractivity contribution < 1.29 is 14.6 Å². The Bertz CT molecular complexity index is 399. The van der Waals surface area contributed by atoms with E-state index in [4.69, 9.17) is 9.84 Å². The van der Waals surface area contributed by atoms with Crippen LogP contribution < -0.4 is 4.74 Å². The average Bonchev–Trinajstić information content (AvgIpc) is 2.20. The van der Waals surface area contributed by atoms with Crippen molar-refractivity contribution in [3.8, 4) is 5.75 Å². The molecule has 0 aliphatic rings. The highest BCUT2D eigenvalue weighted by atomic mass is 79.9. The lowest BCUT2D eigenvalue weighted by atomic mass is 9.85. The molecule has 0 spiro atoms. The number of ether oxygens (including phenoxy) is 1. The molecule has 0 atom stereocenters. The van der Waals surface area contributed by atoms with Crippen molar-refractivity contribution >= 4 is 21.9 Å². The molecule has 0 bridgehead atoms. The zero-order valence-corrected chi connectivity index (χ0v) is 11.2. The van der Waals surface area contributed by atoms with Gasteiger partial charge in [0.25, 0.3) is 0 Å². The summed E-state index contributed by atoms with van der Waals surface area (Å²) in [4.78, 5) is 11.0. The fourth-order valence-electron chi connectivity index (χ4n) is 1.42. The Balaban J connectivity index is 3.01. The van der Waals surface area contributed by atoms with Gasteiger partial charge in [-0.15, -0.1) is 0 Å². The van der Waals surface area contributed by atoms with Crippen molar-refractivity contribution in [1.82, 2.24) is 0 Å². The predicted molar refractivity (Wildman–Crippen MR) is 65.8 cm³/mol. The van der Waals surface area contributed by atoms with Gasteiger partial charge in [0.1, 0.15) is 5.75 Å². The Labute approximate surface area is 104 Å². The molecule has 1 aromatic rings. The monoisotopic (exact) mass is 286 g/mol. The quantitative estimate of drug-likeness (QED) is 0.925. The van der Waals surface area contributed by atoms with Gasteiger partial charge in [0, 0.05) is 4.47 Å². The van der Waals surface area contributed by atoms with E-state index >= 15 is 0 Å². The number of carboxylic acids is 1. The minimum Gasteiger partial charge on any atom is -0.496 e. The van der Waals surface area contributed by atoms with Gasteiger partial charge in [-0.1, -0.05) is 22.0 Å². The number of carbonyl (C=O) groups is 1. The van der Waals surface area contributed by atoms with Gasteiger partial charge >= 0.3 is 5.97 Å². The predicted octanol–water partition coefficient (Wildman–Crippen LogP) is 3.11. The molecule has 0 unspecified atom stereocenters. The standard InChI is InChI=1S/C12H15BrO3/c1-12(2,11(14)15)7-8-4-5-9(13)6-10(8)16-3/h4-6H,7H2,1-3H3,(H,14,15). The van der Waals surface area contributed by atoms with E-state index in [9.17, 15) is 4.79 Å². The summed E-state index contributed by atoms with van der Waals surface area (Å²) in [6.07, 6.45) is 0.443. The molecule has 1 rings (SSSR count). The minimum atomic E-state index is -0.808. The van der Waals surface area contributed by atoms with Crippen LogP contribution in [0.3, 0.4) is 0 Å². The molecule has 3 nitrogen and oxygen atoms in total. The van der Waals surface area contributed by atoms with Gasteiger partial charge in [0.05, 0.1) is 12.5 Å². The highest BCUT2D eigenvalue weighted by Crippen LogP contribution is 2.30. The Morgan fingerprint density at radius 1 is 1.50 bits per heavy atom. The first-order valence-corrected chi connectivity index (χ1v) is 5.72. The number of aliphatic carboxylic acids is 1. The second-order valence-electron chi connectivity index (χ2n) is 4.32. The van der Waals surface area contributed by atoms with Gasteiger partial charge < -0.3 is 9.84 Å². The Morgan fingerprint density at radius 2 is 2.12 bits per heavy atom. The number of methoxy groups -OCH3 is 1. The van der Waals surface area contributed by atoms with Gasteiger partial charge in [-0.3, -0.25) is 4.79 Å². The van der Waals surface area contributed by atoms with Crippen LogP contribution in [0.1, 0.15) is 19.4 Å². The molecule has 0 fully saturated rings. The number of hydrogen-bond acceptors (Lipinski definition) is 2. The summed E-state index contributed by atoms with van der Waals surface area (Å²) in [7, 11) is 1.58. The topological polar surface area (TPSA) is 46.5 Å². The summed E-state index contributed by atoms with van der Waals surface area (Å²) in [5, 5.41) is 9.07. The smallest absolute Gasteiger partial charge is 0.309 e. The SMILES string of the molecule is COc1cc(Br)ccc1CC(C)(C)C(=O)O. The van der Waals surface area contributed by atoms with Crippen molar-refractivity contribution in [2.75, 3.05) is 7.11 Å². The van der Waals surface area contributed by atoms with Crippen molar-refractivity contribution in [1.29, 1.82) is 0 Å². The van der Waals surface area contributed by atoms with Crippen LogP contribution >= 0.6 is 15.9 Å². The third kappa shape index (κ3) is 2.98. The van der Waals surface area contributed by atoms with Crippen LogP contribution in [-0.2, 0) is 11.2 Å². The van der Waals surface area contributed by atoms with Crippen molar-refractivity contribution in [2.24, 2.45) is 5.41 Å². The van der Waals surface area contributed by atoms with Crippen LogP contribution in [0.2, 0.25) is 0 Å². The molecule has 0 saturated heterocycles. The van der Waals surface area contributed by atoms with E-state index in [0.717, 1.165) is 10.0 Å². The molecule has 0 amide bonds. The number of rotatable bonds is 4. The highest BCUT2D eigenvalue weighted by molar-refractivity contribution is 9.10. The summed E-state index contributed by atoms with van der Waals surface area (Å²) in [6.45, 7) is 3.41. The molecule has 1 N–H and O–H groups in total. The van der Waals surface area contributed by atoms with E-state index in [1.54, 1.807) is 21.0 Å².